The molecule has 0 radical (unpaired) electrons. The Morgan fingerprint density at radius 3 is 2.07 bits per heavy atom. The molecule has 0 aliphatic rings. The number of rotatable bonds is 2. The molecule has 0 bridgehead atoms. The van der Waals surface area contributed by atoms with E-state index in [4.69, 9.17) is 0 Å². The smallest absolute Gasteiger partial charge is 0.0541 e. The molecule has 0 saturated heterocycles. The topological polar surface area (TPSA) is 4.93 Å². The molecule has 0 aliphatic heterocycles. The minimum atomic E-state index is 1.19. The fourth-order valence-electron chi connectivity index (χ4n) is 4.55. The lowest BCUT2D eigenvalue weighted by Gasteiger charge is -2.08. The Morgan fingerprint density at radius 1 is 0.500 bits per heavy atom. The van der Waals surface area contributed by atoms with E-state index in [1.807, 2.05) is 0 Å². The predicted octanol–water partition coefficient (Wildman–Crippen LogP) is 7.91. The first kappa shape index (κ1) is 17.1. The molecule has 142 valence electrons. The molecule has 6 rings (SSSR count). The Hall–Kier alpha value is -3.84. The van der Waals surface area contributed by atoms with Crippen molar-refractivity contribution in [2.45, 2.75) is 6.92 Å². The summed E-state index contributed by atoms with van der Waals surface area (Å²) in [6, 6.07) is 39.5. The van der Waals surface area contributed by atoms with E-state index in [1.165, 1.54) is 55.0 Å². The van der Waals surface area contributed by atoms with E-state index in [0.29, 0.717) is 0 Å². The van der Waals surface area contributed by atoms with E-state index in [-0.39, 0.29) is 0 Å². The molecule has 1 nitrogen and oxygen atoms in total. The van der Waals surface area contributed by atoms with Crippen molar-refractivity contribution in [3.05, 3.63) is 115 Å². The lowest BCUT2D eigenvalue weighted by Crippen LogP contribution is -1.92. The zero-order chi connectivity index (χ0) is 20.1. The van der Waals surface area contributed by atoms with Crippen molar-refractivity contribution in [3.63, 3.8) is 0 Å². The number of para-hydroxylation sites is 2. The largest absolute Gasteiger partial charge is 0.309 e. The minimum Gasteiger partial charge on any atom is -0.309 e. The molecule has 0 spiro atoms. The first-order valence-corrected chi connectivity index (χ1v) is 10.4. The van der Waals surface area contributed by atoms with Crippen molar-refractivity contribution in [2.75, 3.05) is 0 Å². The maximum absolute atomic E-state index is 2.36. The number of hydrogen-bond donors (Lipinski definition) is 0. The van der Waals surface area contributed by atoms with Crippen LogP contribution < -0.4 is 0 Å². The molecule has 5 aromatic carbocycles. The average Bonchev–Trinajstić information content (AvgIpc) is 3.13. The van der Waals surface area contributed by atoms with E-state index in [1.54, 1.807) is 0 Å². The third-order valence-electron chi connectivity index (χ3n) is 6.02. The molecular weight excluding hydrogens is 362 g/mol. The molecule has 1 heterocycles. The molecule has 30 heavy (non-hydrogen) atoms. The van der Waals surface area contributed by atoms with Crippen molar-refractivity contribution < 1.29 is 0 Å². The maximum Gasteiger partial charge on any atom is 0.0541 e. The molecule has 0 aliphatic carbocycles. The molecule has 0 saturated carbocycles. The third-order valence-corrected chi connectivity index (χ3v) is 6.02. The summed E-state index contributed by atoms with van der Waals surface area (Å²) in [5, 5.41) is 5.15. The van der Waals surface area contributed by atoms with Crippen LogP contribution in [0.25, 0.3) is 49.4 Å². The van der Waals surface area contributed by atoms with Crippen molar-refractivity contribution in [1.29, 1.82) is 0 Å². The van der Waals surface area contributed by atoms with Gasteiger partial charge in [-0.2, -0.15) is 0 Å². The van der Waals surface area contributed by atoms with Crippen molar-refractivity contribution in [3.8, 4) is 16.8 Å². The van der Waals surface area contributed by atoms with Crippen LogP contribution in [0.5, 0.6) is 0 Å². The van der Waals surface area contributed by atoms with Gasteiger partial charge in [-0.25, -0.2) is 0 Å². The van der Waals surface area contributed by atoms with Gasteiger partial charge in [-0.05, 0) is 65.2 Å². The van der Waals surface area contributed by atoms with Crippen LogP contribution in [0.1, 0.15) is 5.56 Å². The number of benzene rings is 5. The van der Waals surface area contributed by atoms with Gasteiger partial charge in [0.05, 0.1) is 11.0 Å². The quantitative estimate of drug-likeness (QED) is 0.286. The normalized spacial score (nSPS) is 11.5. The summed E-state index contributed by atoms with van der Waals surface area (Å²) in [5.41, 5.74) is 7.47. The highest BCUT2D eigenvalue weighted by atomic mass is 15.0. The maximum atomic E-state index is 2.36. The Balaban J connectivity index is 1.60. The molecule has 1 heteroatoms. The molecule has 0 unspecified atom stereocenters. The number of aromatic nitrogens is 1. The monoisotopic (exact) mass is 383 g/mol. The number of fused-ring (bicyclic) bond motifs is 4. The lowest BCUT2D eigenvalue weighted by atomic mass is 9.99. The van der Waals surface area contributed by atoms with Crippen molar-refractivity contribution in [2.24, 2.45) is 0 Å². The number of aryl methyl sites for hydroxylation is 1. The summed E-state index contributed by atoms with van der Waals surface area (Å²) >= 11 is 0. The summed E-state index contributed by atoms with van der Waals surface area (Å²) in [5.74, 6) is 0. The Bertz CT molecular complexity index is 1540. The van der Waals surface area contributed by atoms with E-state index in [0.717, 1.165) is 0 Å². The second-order valence-corrected chi connectivity index (χ2v) is 7.99. The number of hydrogen-bond acceptors (Lipinski definition) is 0. The van der Waals surface area contributed by atoms with Crippen LogP contribution in [0, 0.1) is 6.92 Å². The summed E-state index contributed by atoms with van der Waals surface area (Å²) in [7, 11) is 0. The molecular formula is C29H21N. The predicted molar refractivity (Wildman–Crippen MR) is 128 cm³/mol. The van der Waals surface area contributed by atoms with E-state index < -0.39 is 0 Å². The van der Waals surface area contributed by atoms with Crippen molar-refractivity contribution >= 4 is 32.6 Å². The van der Waals surface area contributed by atoms with Gasteiger partial charge in [0, 0.05) is 16.5 Å². The average molecular weight is 383 g/mol. The summed E-state index contributed by atoms with van der Waals surface area (Å²) in [6.07, 6.45) is 0. The zero-order valence-corrected chi connectivity index (χ0v) is 16.8. The second-order valence-electron chi connectivity index (χ2n) is 7.99. The Morgan fingerprint density at radius 2 is 1.17 bits per heavy atom. The van der Waals surface area contributed by atoms with Crippen LogP contribution in [-0.2, 0) is 0 Å². The third kappa shape index (κ3) is 2.63. The molecule has 0 atom stereocenters. The SMILES string of the molecule is Cc1ccc2cc(-c3ccc4c(c3)c3ccccc3n4-c3ccccc3)ccc2c1. The molecule has 0 fully saturated rings. The molecule has 0 amide bonds. The van der Waals surface area contributed by atoms with E-state index in [2.05, 4.69) is 121 Å². The standard InChI is InChI=1S/C29H21N/c1-20-11-12-22-18-23(14-13-21(22)17-20)24-15-16-29-27(19-24)26-9-5-6-10-28(26)30(29)25-7-3-2-4-8-25/h2-19H,1H3. The Kier molecular flexibility index (Phi) is 3.75. The van der Waals surface area contributed by atoms with Gasteiger partial charge in [-0.3, -0.25) is 0 Å². The highest BCUT2D eigenvalue weighted by Crippen LogP contribution is 2.35. The Labute approximate surface area is 175 Å². The second kappa shape index (κ2) is 6.60. The van der Waals surface area contributed by atoms with Crippen LogP contribution in [0.3, 0.4) is 0 Å². The van der Waals surface area contributed by atoms with Gasteiger partial charge >= 0.3 is 0 Å². The highest BCUT2D eigenvalue weighted by molar-refractivity contribution is 6.10. The van der Waals surface area contributed by atoms with Crippen LogP contribution in [0.4, 0.5) is 0 Å². The van der Waals surface area contributed by atoms with Gasteiger partial charge in [-0.15, -0.1) is 0 Å². The summed E-state index contributed by atoms with van der Waals surface area (Å²) in [6.45, 7) is 2.14. The molecule has 0 N–H and O–H groups in total. The number of nitrogens with zero attached hydrogens (tertiary/aromatic N) is 1. The van der Waals surface area contributed by atoms with Gasteiger partial charge in [0.2, 0.25) is 0 Å². The molecule has 6 aromatic rings. The van der Waals surface area contributed by atoms with Gasteiger partial charge in [0.25, 0.3) is 0 Å². The highest BCUT2D eigenvalue weighted by Gasteiger charge is 2.12. The van der Waals surface area contributed by atoms with Gasteiger partial charge in [0.1, 0.15) is 0 Å². The van der Waals surface area contributed by atoms with Crippen molar-refractivity contribution in [1.82, 2.24) is 4.57 Å². The van der Waals surface area contributed by atoms with Gasteiger partial charge < -0.3 is 4.57 Å². The van der Waals surface area contributed by atoms with Crippen LogP contribution in [0.15, 0.2) is 109 Å². The fraction of sp³-hybridized carbons (Fsp3) is 0.0345. The molecule has 1 aromatic heterocycles. The fourth-order valence-corrected chi connectivity index (χ4v) is 4.55. The van der Waals surface area contributed by atoms with E-state index in [9.17, 15) is 0 Å². The zero-order valence-electron chi connectivity index (χ0n) is 16.8. The minimum absolute atomic E-state index is 1.19. The van der Waals surface area contributed by atoms with Gasteiger partial charge in [0.15, 0.2) is 0 Å². The van der Waals surface area contributed by atoms with Crippen LogP contribution in [-0.4, -0.2) is 4.57 Å². The van der Waals surface area contributed by atoms with E-state index >= 15 is 0 Å². The van der Waals surface area contributed by atoms with Gasteiger partial charge in [-0.1, -0.05) is 78.4 Å². The first-order chi connectivity index (χ1) is 14.8. The summed E-state index contributed by atoms with van der Waals surface area (Å²) in [4.78, 5) is 0. The lowest BCUT2D eigenvalue weighted by molar-refractivity contribution is 1.18. The first-order valence-electron chi connectivity index (χ1n) is 10.4. The summed E-state index contributed by atoms with van der Waals surface area (Å²) < 4.78 is 2.36. The van der Waals surface area contributed by atoms with Crippen LogP contribution >= 0.6 is 0 Å². The van der Waals surface area contributed by atoms with Crippen LogP contribution in [0.2, 0.25) is 0 Å².